The lowest BCUT2D eigenvalue weighted by molar-refractivity contribution is -0.131. The molecule has 220 valence electrons. The van der Waals surface area contributed by atoms with Crippen LogP contribution in [-0.2, 0) is 31.3 Å². The van der Waals surface area contributed by atoms with Crippen LogP contribution in [0.2, 0.25) is 0 Å². The van der Waals surface area contributed by atoms with E-state index in [9.17, 15) is 13.8 Å². The van der Waals surface area contributed by atoms with Crippen molar-refractivity contribution in [2.45, 2.75) is 49.5 Å². The number of thiol groups is 1. The Morgan fingerprint density at radius 1 is 0.884 bits per heavy atom. The molecule has 1 N–H and O–H groups in total. The van der Waals surface area contributed by atoms with Gasteiger partial charge in [0, 0.05) is 40.7 Å². The van der Waals surface area contributed by atoms with Gasteiger partial charge in [0.1, 0.15) is 0 Å². The number of nitrogens with one attached hydrogen (secondary N) is 1. The van der Waals surface area contributed by atoms with Crippen molar-refractivity contribution in [3.8, 4) is 11.3 Å². The summed E-state index contributed by atoms with van der Waals surface area (Å²) >= 11 is 0. The summed E-state index contributed by atoms with van der Waals surface area (Å²) in [7, 11) is -2.08. The van der Waals surface area contributed by atoms with E-state index in [1.54, 1.807) is 12.1 Å². The quantitative estimate of drug-likeness (QED) is 0.227. The summed E-state index contributed by atoms with van der Waals surface area (Å²) in [5, 5.41) is 1.13. The van der Waals surface area contributed by atoms with Crippen LogP contribution in [0.3, 0.4) is 0 Å². The summed E-state index contributed by atoms with van der Waals surface area (Å²) in [4.78, 5) is 29.8. The number of aromatic nitrogens is 1. The fraction of sp³-hybridized carbons (Fsp3) is 0.314. The number of morpholine rings is 1. The van der Waals surface area contributed by atoms with Crippen molar-refractivity contribution in [3.63, 3.8) is 0 Å². The summed E-state index contributed by atoms with van der Waals surface area (Å²) in [5.41, 5.74) is 6.71. The average Bonchev–Trinajstić information content (AvgIpc) is 3.27. The van der Waals surface area contributed by atoms with Crippen LogP contribution in [0.25, 0.3) is 28.2 Å². The Morgan fingerprint density at radius 3 is 2.42 bits per heavy atom. The van der Waals surface area contributed by atoms with E-state index in [1.165, 1.54) is 24.8 Å². The highest BCUT2D eigenvalue weighted by Gasteiger charge is 2.31. The van der Waals surface area contributed by atoms with Crippen molar-refractivity contribution in [2.24, 2.45) is 0 Å². The van der Waals surface area contributed by atoms with E-state index in [0.29, 0.717) is 49.2 Å². The van der Waals surface area contributed by atoms with E-state index < -0.39 is 11.0 Å². The van der Waals surface area contributed by atoms with Gasteiger partial charge in [0.15, 0.2) is 15.9 Å². The third-order valence-corrected chi connectivity index (χ3v) is 10.2. The van der Waals surface area contributed by atoms with Crippen LogP contribution in [0.5, 0.6) is 0 Å². The second-order valence-corrected chi connectivity index (χ2v) is 13.0. The lowest BCUT2D eigenvalue weighted by Gasteiger charge is -2.28. The Kier molecular flexibility index (Phi) is 7.72. The van der Waals surface area contributed by atoms with Crippen molar-refractivity contribution >= 4 is 39.8 Å². The molecular weight excluding hydrogens is 558 g/mol. The summed E-state index contributed by atoms with van der Waals surface area (Å²) in [6, 6.07) is 23.1. The van der Waals surface area contributed by atoms with E-state index in [1.807, 2.05) is 41.3 Å². The highest BCUT2D eigenvalue weighted by Crippen LogP contribution is 2.46. The predicted octanol–water partition coefficient (Wildman–Crippen LogP) is 6.01. The predicted molar refractivity (Wildman–Crippen MR) is 170 cm³/mol. The Bertz CT molecular complexity index is 1750. The molecular formula is C35H36N3O4S+. The monoisotopic (exact) mass is 594 g/mol. The molecule has 2 fully saturated rings. The molecule has 43 heavy (non-hydrogen) atoms. The molecule has 7 nitrogen and oxygen atoms in total. The van der Waals surface area contributed by atoms with Gasteiger partial charge in [-0.15, -0.1) is 0 Å². The lowest BCUT2D eigenvalue weighted by Crippen LogP contribution is -2.41. The largest absolute Gasteiger partial charge is 0.378 e. The number of rotatable bonds is 5. The molecule has 2 amide bonds. The van der Waals surface area contributed by atoms with Gasteiger partial charge in [-0.2, -0.15) is 4.72 Å². The molecule has 0 spiro atoms. The van der Waals surface area contributed by atoms with E-state index in [2.05, 4.69) is 39.6 Å². The van der Waals surface area contributed by atoms with Crippen LogP contribution >= 0.6 is 0 Å². The number of carbonyl (C=O) groups is 2. The van der Waals surface area contributed by atoms with Gasteiger partial charge in [-0.1, -0.05) is 72.0 Å². The smallest absolute Gasteiger partial charge is 0.291 e. The van der Waals surface area contributed by atoms with Gasteiger partial charge < -0.3 is 14.2 Å². The number of hydrogen-bond donors (Lipinski definition) is 1. The molecule has 3 aliphatic rings. The minimum Gasteiger partial charge on any atom is -0.378 e. The van der Waals surface area contributed by atoms with Gasteiger partial charge in [0.2, 0.25) is 0 Å². The number of hydrogen-bond acceptors (Lipinski definition) is 4. The van der Waals surface area contributed by atoms with Crippen molar-refractivity contribution in [2.75, 3.05) is 26.3 Å². The zero-order valence-corrected chi connectivity index (χ0v) is 25.0. The Morgan fingerprint density at radius 2 is 1.63 bits per heavy atom. The van der Waals surface area contributed by atoms with Gasteiger partial charge in [0.05, 0.1) is 25.5 Å². The summed E-state index contributed by atoms with van der Waals surface area (Å²) in [6.07, 6.45) is 7.96. The first kappa shape index (κ1) is 27.8. The standard InChI is InChI=1S/C35H35N3O4S/c39-34(36-43(41)28-12-5-2-6-13-28)26-15-16-30-31(22-26)38-23-27(35(40)37-17-19-42-20-18-37)21-25-11-7-8-14-29(25)33(38)32(30)24-9-3-1-4-10-24/h2,5-8,11-16,21-22,24H,1,3-4,9-10,17-20,23H2,(H,36,39,41)/p+1. The SMILES string of the molecule is O=C(N[SH+](=O)c1ccccc1)c1ccc2c(C3CCCCC3)c3n(c2c1)CC(C(=O)N1CCOCC1)=Cc1ccccc1-3. The molecule has 1 unspecified atom stereocenters. The molecule has 1 atom stereocenters. The topological polar surface area (TPSA) is 80.6 Å². The Labute approximate surface area is 254 Å². The molecule has 2 aliphatic heterocycles. The molecule has 1 saturated heterocycles. The molecule has 3 heterocycles. The van der Waals surface area contributed by atoms with Gasteiger partial charge >= 0.3 is 0 Å². The number of nitrogens with zero attached hydrogens (tertiary/aromatic N) is 2. The molecule has 1 aromatic heterocycles. The number of amides is 2. The summed E-state index contributed by atoms with van der Waals surface area (Å²) in [6.45, 7) is 2.65. The molecule has 1 aliphatic carbocycles. The molecule has 8 heteroatoms. The van der Waals surface area contributed by atoms with Gasteiger partial charge in [0.25, 0.3) is 11.8 Å². The van der Waals surface area contributed by atoms with Crippen LogP contribution in [0, 0.1) is 0 Å². The number of fused-ring (bicyclic) bond motifs is 5. The molecule has 7 rings (SSSR count). The zero-order valence-electron chi connectivity index (χ0n) is 24.1. The van der Waals surface area contributed by atoms with Crippen molar-refractivity contribution in [1.82, 2.24) is 14.2 Å². The summed E-state index contributed by atoms with van der Waals surface area (Å²) in [5.74, 6) is 0.0564. The average molecular weight is 595 g/mol. The van der Waals surface area contributed by atoms with E-state index in [-0.39, 0.29) is 11.8 Å². The first-order valence-corrected chi connectivity index (χ1v) is 16.5. The maximum Gasteiger partial charge on any atom is 0.291 e. The minimum absolute atomic E-state index is 0.0285. The molecule has 0 radical (unpaired) electrons. The number of benzene rings is 3. The van der Waals surface area contributed by atoms with Crippen molar-refractivity contribution in [3.05, 3.63) is 95.1 Å². The van der Waals surface area contributed by atoms with Crippen LogP contribution in [0.4, 0.5) is 0 Å². The van der Waals surface area contributed by atoms with Crippen molar-refractivity contribution in [1.29, 1.82) is 0 Å². The van der Waals surface area contributed by atoms with Crippen LogP contribution < -0.4 is 4.72 Å². The fourth-order valence-electron chi connectivity index (χ4n) is 6.90. The minimum atomic E-state index is -2.08. The third kappa shape index (κ3) is 5.34. The highest BCUT2D eigenvalue weighted by molar-refractivity contribution is 7.83. The second-order valence-electron chi connectivity index (χ2n) is 11.6. The molecule has 1 saturated carbocycles. The van der Waals surface area contributed by atoms with Crippen LogP contribution in [-0.4, -0.2) is 47.6 Å². The fourth-order valence-corrected chi connectivity index (χ4v) is 7.79. The second kappa shape index (κ2) is 11.9. The van der Waals surface area contributed by atoms with Crippen LogP contribution in [0.1, 0.15) is 59.5 Å². The molecule has 4 aromatic rings. The van der Waals surface area contributed by atoms with Crippen LogP contribution in [0.15, 0.2) is 83.3 Å². The maximum absolute atomic E-state index is 13.9. The lowest BCUT2D eigenvalue weighted by atomic mass is 9.81. The van der Waals surface area contributed by atoms with E-state index in [4.69, 9.17) is 4.74 Å². The number of carbonyl (C=O) groups excluding carboxylic acids is 2. The molecule has 3 aromatic carbocycles. The van der Waals surface area contributed by atoms with E-state index >= 15 is 0 Å². The normalized spacial score (nSPS) is 17.9. The summed E-state index contributed by atoms with van der Waals surface area (Å²) < 4.78 is 23.4. The van der Waals surface area contributed by atoms with Gasteiger partial charge in [-0.25, -0.2) is 0 Å². The number of ether oxygens (including phenoxy) is 1. The highest BCUT2D eigenvalue weighted by atomic mass is 32.2. The zero-order chi connectivity index (χ0) is 29.3. The first-order chi connectivity index (χ1) is 21.1. The third-order valence-electron chi connectivity index (χ3n) is 9.02. The Hall–Kier alpha value is -4.01. The first-order valence-electron chi connectivity index (χ1n) is 15.2. The van der Waals surface area contributed by atoms with E-state index in [0.717, 1.165) is 46.1 Å². The van der Waals surface area contributed by atoms with Gasteiger partial charge in [-0.05, 0) is 60.2 Å². The van der Waals surface area contributed by atoms with Crippen molar-refractivity contribution < 1.29 is 18.5 Å². The Balaban J connectivity index is 1.36. The maximum atomic E-state index is 13.9. The van der Waals surface area contributed by atoms with Gasteiger partial charge in [-0.3, -0.25) is 9.59 Å². The molecule has 0 bridgehead atoms.